The molecule has 0 fully saturated rings. The first-order chi connectivity index (χ1) is 9.97. The largest absolute Gasteiger partial charge is 0.398 e. The minimum absolute atomic E-state index is 0.0942. The van der Waals surface area contributed by atoms with Gasteiger partial charge in [-0.15, -0.1) is 0 Å². The maximum absolute atomic E-state index is 12.8. The molecular weight excluding hydrogens is 352 g/mol. The number of carbonyl (C=O) groups is 1. The van der Waals surface area contributed by atoms with Crippen LogP contribution in [0.4, 0.5) is 11.4 Å². The molecule has 0 saturated heterocycles. The summed E-state index contributed by atoms with van der Waals surface area (Å²) in [6.07, 6.45) is 0.841. The van der Waals surface area contributed by atoms with Crippen molar-refractivity contribution in [2.45, 2.75) is 13.3 Å². The maximum atomic E-state index is 12.8. The summed E-state index contributed by atoms with van der Waals surface area (Å²) in [5.74, 6) is -0.0942. The molecule has 3 nitrogen and oxygen atoms in total. The van der Waals surface area contributed by atoms with Gasteiger partial charge < -0.3 is 10.6 Å². The van der Waals surface area contributed by atoms with Gasteiger partial charge in [-0.3, -0.25) is 4.79 Å². The van der Waals surface area contributed by atoms with Gasteiger partial charge in [-0.05, 0) is 48.7 Å². The van der Waals surface area contributed by atoms with Crippen LogP contribution in [0, 0.1) is 6.92 Å². The quantitative estimate of drug-likeness (QED) is 0.770. The summed E-state index contributed by atoms with van der Waals surface area (Å²) in [7, 11) is 0. The van der Waals surface area contributed by atoms with Crippen LogP contribution in [-0.2, 0) is 6.42 Å². The van der Waals surface area contributed by atoms with Gasteiger partial charge in [-0.25, -0.2) is 0 Å². The number of hydrogen-bond donors (Lipinski definition) is 1. The molecule has 0 aromatic heterocycles. The minimum Gasteiger partial charge on any atom is -0.398 e. The zero-order valence-corrected chi connectivity index (χ0v) is 13.8. The van der Waals surface area contributed by atoms with E-state index in [1.54, 1.807) is 17.0 Å². The Balaban J connectivity index is 2.02. The van der Waals surface area contributed by atoms with E-state index in [4.69, 9.17) is 17.3 Å². The van der Waals surface area contributed by atoms with Gasteiger partial charge in [0.2, 0.25) is 0 Å². The molecule has 0 spiro atoms. The summed E-state index contributed by atoms with van der Waals surface area (Å²) in [5, 5.41) is 0.455. The molecule has 0 saturated carbocycles. The second-order valence-corrected chi connectivity index (χ2v) is 6.49. The lowest BCUT2D eigenvalue weighted by molar-refractivity contribution is 0.0989. The van der Waals surface area contributed by atoms with Gasteiger partial charge >= 0.3 is 0 Å². The number of nitrogens with two attached hydrogens (primary N) is 1. The van der Waals surface area contributed by atoms with Gasteiger partial charge in [0.05, 0.1) is 10.6 Å². The fourth-order valence-corrected chi connectivity index (χ4v) is 3.15. The summed E-state index contributed by atoms with van der Waals surface area (Å²) in [5.41, 5.74) is 10.3. The molecule has 2 aromatic carbocycles. The number of amides is 1. The summed E-state index contributed by atoms with van der Waals surface area (Å²) < 4.78 is 0.832. The molecule has 2 aromatic rings. The van der Waals surface area contributed by atoms with Gasteiger partial charge in [0, 0.05) is 22.4 Å². The van der Waals surface area contributed by atoms with Crippen molar-refractivity contribution in [3.8, 4) is 0 Å². The molecule has 1 aliphatic rings. The number of anilines is 2. The number of fused-ring (bicyclic) bond motifs is 1. The number of aryl methyl sites for hydroxylation is 1. The van der Waals surface area contributed by atoms with Crippen LogP contribution in [0.5, 0.6) is 0 Å². The summed E-state index contributed by atoms with van der Waals surface area (Å²) in [4.78, 5) is 14.5. The Morgan fingerprint density at radius 2 is 2.10 bits per heavy atom. The monoisotopic (exact) mass is 364 g/mol. The van der Waals surface area contributed by atoms with Crippen LogP contribution in [0.15, 0.2) is 34.8 Å². The van der Waals surface area contributed by atoms with Crippen LogP contribution in [0.25, 0.3) is 0 Å². The van der Waals surface area contributed by atoms with E-state index in [1.807, 2.05) is 19.1 Å². The molecule has 1 heterocycles. The molecule has 2 N–H and O–H groups in total. The molecule has 5 heteroatoms. The molecule has 0 unspecified atom stereocenters. The summed E-state index contributed by atoms with van der Waals surface area (Å²) >= 11 is 9.54. The Morgan fingerprint density at radius 3 is 2.86 bits per heavy atom. The van der Waals surface area contributed by atoms with Crippen molar-refractivity contribution >= 4 is 44.8 Å². The number of benzene rings is 2. The molecule has 0 aliphatic carbocycles. The lowest BCUT2D eigenvalue weighted by Crippen LogP contribution is -2.29. The lowest BCUT2D eigenvalue weighted by Gasteiger charge is -2.19. The van der Waals surface area contributed by atoms with Crippen LogP contribution >= 0.6 is 27.5 Å². The third-order valence-corrected chi connectivity index (χ3v) is 4.59. The highest BCUT2D eigenvalue weighted by Gasteiger charge is 2.27. The Kier molecular flexibility index (Phi) is 3.68. The van der Waals surface area contributed by atoms with Crippen molar-refractivity contribution in [3.63, 3.8) is 0 Å². The van der Waals surface area contributed by atoms with E-state index in [0.29, 0.717) is 22.8 Å². The highest BCUT2D eigenvalue weighted by molar-refractivity contribution is 9.10. The average molecular weight is 366 g/mol. The Labute approximate surface area is 136 Å². The van der Waals surface area contributed by atoms with E-state index in [-0.39, 0.29) is 5.91 Å². The van der Waals surface area contributed by atoms with Crippen LogP contribution in [0.2, 0.25) is 5.02 Å². The highest BCUT2D eigenvalue weighted by atomic mass is 79.9. The molecule has 1 aliphatic heterocycles. The SMILES string of the molecule is Cc1cc2c(cc1N)N(C(=O)c1cc(Br)ccc1Cl)CC2. The first-order valence-electron chi connectivity index (χ1n) is 6.63. The highest BCUT2D eigenvalue weighted by Crippen LogP contribution is 2.34. The molecule has 3 rings (SSSR count). The van der Waals surface area contributed by atoms with E-state index in [2.05, 4.69) is 22.0 Å². The topological polar surface area (TPSA) is 46.3 Å². The number of nitrogen functional groups attached to an aromatic ring is 1. The number of hydrogen-bond acceptors (Lipinski definition) is 2. The van der Waals surface area contributed by atoms with Crippen molar-refractivity contribution in [1.82, 2.24) is 0 Å². The molecular formula is C16H14BrClN2O. The Bertz CT molecular complexity index is 745. The van der Waals surface area contributed by atoms with E-state index in [0.717, 1.165) is 27.7 Å². The molecule has 108 valence electrons. The normalized spacial score (nSPS) is 13.4. The zero-order valence-electron chi connectivity index (χ0n) is 11.5. The minimum atomic E-state index is -0.0942. The van der Waals surface area contributed by atoms with Gasteiger partial charge in [0.1, 0.15) is 0 Å². The maximum Gasteiger partial charge on any atom is 0.259 e. The predicted octanol–water partition coefficient (Wildman–Crippen LogP) is 4.20. The lowest BCUT2D eigenvalue weighted by atomic mass is 10.1. The Hall–Kier alpha value is -1.52. The molecule has 0 bridgehead atoms. The fourth-order valence-electron chi connectivity index (χ4n) is 2.59. The van der Waals surface area contributed by atoms with Gasteiger partial charge in [-0.1, -0.05) is 33.6 Å². The summed E-state index contributed by atoms with van der Waals surface area (Å²) in [6.45, 7) is 2.63. The van der Waals surface area contributed by atoms with Crippen molar-refractivity contribution in [2.75, 3.05) is 17.2 Å². The smallest absolute Gasteiger partial charge is 0.259 e. The van der Waals surface area contributed by atoms with E-state index >= 15 is 0 Å². The van der Waals surface area contributed by atoms with Crippen molar-refractivity contribution in [3.05, 3.63) is 56.5 Å². The summed E-state index contributed by atoms with van der Waals surface area (Å²) in [6, 6.07) is 9.22. The first-order valence-corrected chi connectivity index (χ1v) is 7.80. The molecule has 1 amide bonds. The molecule has 0 radical (unpaired) electrons. The van der Waals surface area contributed by atoms with Crippen molar-refractivity contribution in [2.24, 2.45) is 0 Å². The number of carbonyl (C=O) groups excluding carboxylic acids is 1. The Morgan fingerprint density at radius 1 is 1.33 bits per heavy atom. The second-order valence-electron chi connectivity index (χ2n) is 5.17. The van der Waals surface area contributed by atoms with E-state index in [1.165, 1.54) is 0 Å². The van der Waals surface area contributed by atoms with Gasteiger partial charge in [0.25, 0.3) is 5.91 Å². The predicted molar refractivity (Wildman–Crippen MR) is 90.1 cm³/mol. The number of halogens is 2. The third-order valence-electron chi connectivity index (χ3n) is 3.77. The average Bonchev–Trinajstić information content (AvgIpc) is 2.84. The van der Waals surface area contributed by atoms with Crippen LogP contribution < -0.4 is 10.6 Å². The number of rotatable bonds is 1. The van der Waals surface area contributed by atoms with Crippen LogP contribution in [0.3, 0.4) is 0 Å². The molecule has 21 heavy (non-hydrogen) atoms. The fraction of sp³-hybridized carbons (Fsp3) is 0.188. The van der Waals surface area contributed by atoms with E-state index < -0.39 is 0 Å². The third kappa shape index (κ3) is 2.54. The second kappa shape index (κ2) is 5.35. The van der Waals surface area contributed by atoms with E-state index in [9.17, 15) is 4.79 Å². The zero-order chi connectivity index (χ0) is 15.1. The van der Waals surface area contributed by atoms with Gasteiger partial charge in [-0.2, -0.15) is 0 Å². The van der Waals surface area contributed by atoms with Crippen LogP contribution in [-0.4, -0.2) is 12.5 Å². The molecule has 0 atom stereocenters. The first kappa shape index (κ1) is 14.4. The van der Waals surface area contributed by atoms with Crippen molar-refractivity contribution in [1.29, 1.82) is 0 Å². The van der Waals surface area contributed by atoms with Crippen LogP contribution in [0.1, 0.15) is 21.5 Å². The standard InChI is InChI=1S/C16H14BrClN2O/c1-9-6-10-4-5-20(15(10)8-14(9)19)16(21)12-7-11(17)2-3-13(12)18/h2-3,6-8H,4-5,19H2,1H3. The number of nitrogens with zero attached hydrogens (tertiary/aromatic N) is 1. The van der Waals surface area contributed by atoms with Gasteiger partial charge in [0.15, 0.2) is 0 Å². The van der Waals surface area contributed by atoms with Crippen molar-refractivity contribution < 1.29 is 4.79 Å².